The highest BCUT2D eigenvalue weighted by Crippen LogP contribution is 2.60. The topological polar surface area (TPSA) is 444 Å². The van der Waals surface area contributed by atoms with Crippen LogP contribution in [0.3, 0.4) is 0 Å². The Balaban J connectivity index is 1.26. The largest absolute Gasteiger partial charge is 0.504 e. The quantitative estimate of drug-likeness (QED) is 0.0488. The zero-order chi connectivity index (χ0) is 48.6. The third kappa shape index (κ3) is 6.00. The van der Waals surface area contributed by atoms with Crippen LogP contribution in [0.25, 0.3) is 22.3 Å². The van der Waals surface area contributed by atoms with Gasteiger partial charge in [0, 0.05) is 33.9 Å². The molecule has 5 aliphatic heterocycles. The van der Waals surface area contributed by atoms with Gasteiger partial charge in [-0.15, -0.1) is 0 Å². The molecule has 346 valence electrons. The van der Waals surface area contributed by atoms with Gasteiger partial charge in [0.05, 0.1) is 22.3 Å². The third-order valence-electron chi connectivity index (χ3n) is 11.1. The van der Waals surface area contributed by atoms with E-state index in [1.54, 1.807) is 0 Å². The molecule has 0 aromatic heterocycles. The van der Waals surface area contributed by atoms with Crippen molar-refractivity contribution in [3.8, 4) is 114 Å². The van der Waals surface area contributed by atoms with Gasteiger partial charge in [-0.1, -0.05) is 0 Å². The molecule has 0 unspecified atom stereocenters. The van der Waals surface area contributed by atoms with Crippen molar-refractivity contribution in [1.29, 1.82) is 0 Å². The second-order valence-corrected chi connectivity index (χ2v) is 14.9. The van der Waals surface area contributed by atoms with Gasteiger partial charge in [0.1, 0.15) is 24.4 Å². The van der Waals surface area contributed by atoms with Crippen molar-refractivity contribution in [1.82, 2.24) is 0 Å². The molecule has 4 bridgehead atoms. The molecule has 67 heavy (non-hydrogen) atoms. The molecule has 0 amide bonds. The first-order valence-electron chi connectivity index (χ1n) is 18.7. The molecule has 0 fully saturated rings. The lowest BCUT2D eigenvalue weighted by atomic mass is 9.82. The van der Waals surface area contributed by atoms with Gasteiger partial charge in [0.2, 0.25) is 34.5 Å². The lowest BCUT2D eigenvalue weighted by Crippen LogP contribution is -2.55. The van der Waals surface area contributed by atoms with E-state index in [0.717, 1.165) is 0 Å². The number of benzene rings is 5. The average Bonchev–Trinajstić information content (AvgIpc) is 3.43. The molecule has 0 spiro atoms. The molecule has 10 rings (SSSR count). The number of aromatic hydroxyl groups is 13. The molecule has 0 radical (unpaired) electrons. The zero-order valence-electron chi connectivity index (χ0n) is 32.6. The summed E-state index contributed by atoms with van der Waals surface area (Å²) in [5.74, 6) is -29.3. The smallest absolute Gasteiger partial charge is 0.347 e. The first kappa shape index (κ1) is 42.9. The first-order valence-corrected chi connectivity index (χ1v) is 18.7. The molecule has 15 N–H and O–H groups in total. The van der Waals surface area contributed by atoms with E-state index in [1.807, 2.05) is 0 Å². The molecular formula is C41H26O26. The summed E-state index contributed by atoms with van der Waals surface area (Å²) >= 11 is 0. The monoisotopic (exact) mass is 934 g/mol. The maximum Gasteiger partial charge on any atom is 0.347 e. The number of carbonyl (C=O) groups is 5. The number of esters is 5. The van der Waals surface area contributed by atoms with E-state index in [-0.39, 0.29) is 0 Å². The zero-order valence-corrected chi connectivity index (χ0v) is 32.6. The highest BCUT2D eigenvalue weighted by Gasteiger charge is 2.53. The van der Waals surface area contributed by atoms with E-state index in [1.165, 1.54) is 0 Å². The molecule has 5 aromatic carbocycles. The summed E-state index contributed by atoms with van der Waals surface area (Å²) < 4.78 is 32.7. The van der Waals surface area contributed by atoms with Crippen LogP contribution in [0.5, 0.6) is 92.0 Å². The molecule has 0 saturated carbocycles. The number of ether oxygens (including phenoxy) is 6. The van der Waals surface area contributed by atoms with Crippen LogP contribution in [-0.2, 0) is 18.9 Å². The fourth-order valence-corrected chi connectivity index (χ4v) is 8.01. The fraction of sp³-hybridized carbons (Fsp3) is 0.146. The maximum absolute atomic E-state index is 14.6. The Hall–Kier alpha value is -9.43. The number of phenols is 13. The summed E-state index contributed by atoms with van der Waals surface area (Å²) in [6.07, 6.45) is -12.9. The number of cyclic esters (lactones) is 2. The Morgan fingerprint density at radius 3 is 1.45 bits per heavy atom. The van der Waals surface area contributed by atoms with Crippen LogP contribution in [0.4, 0.5) is 0 Å². The van der Waals surface area contributed by atoms with Gasteiger partial charge in [-0.05, 0) is 18.2 Å². The third-order valence-corrected chi connectivity index (χ3v) is 11.1. The molecule has 0 saturated heterocycles. The number of rotatable bonds is 1. The van der Waals surface area contributed by atoms with Gasteiger partial charge in [0.15, 0.2) is 75.8 Å². The summed E-state index contributed by atoms with van der Waals surface area (Å²) in [6.45, 7) is -1.40. The van der Waals surface area contributed by atoms with Crippen LogP contribution in [0, 0.1) is 0 Å². The number of carbonyl (C=O) groups excluding carboxylic acids is 5. The van der Waals surface area contributed by atoms with E-state index in [4.69, 9.17) is 28.4 Å². The average molecular weight is 935 g/mol. The minimum atomic E-state index is -2.65. The molecule has 5 aromatic rings. The first-order chi connectivity index (χ1) is 31.5. The van der Waals surface area contributed by atoms with Crippen molar-refractivity contribution in [2.75, 3.05) is 6.61 Å². The van der Waals surface area contributed by atoms with Gasteiger partial charge in [-0.25, -0.2) is 24.0 Å². The predicted octanol–water partition coefficient (Wildman–Crippen LogP) is 1.39. The second kappa shape index (κ2) is 14.6. The number of aliphatic hydroxyl groups is 2. The fourth-order valence-electron chi connectivity index (χ4n) is 8.01. The maximum atomic E-state index is 14.6. The van der Waals surface area contributed by atoms with Gasteiger partial charge in [-0.2, -0.15) is 0 Å². The lowest BCUT2D eigenvalue weighted by molar-refractivity contribution is -0.153. The Morgan fingerprint density at radius 2 is 0.851 bits per heavy atom. The van der Waals surface area contributed by atoms with Crippen LogP contribution >= 0.6 is 0 Å². The normalized spacial score (nSPS) is 20.6. The minimum absolute atomic E-state index is 0.368. The van der Waals surface area contributed by atoms with E-state index < -0.39 is 215 Å². The Kier molecular flexibility index (Phi) is 9.31. The lowest BCUT2D eigenvalue weighted by Gasteiger charge is -2.40. The summed E-state index contributed by atoms with van der Waals surface area (Å²) in [7, 11) is 0. The van der Waals surface area contributed by atoms with Crippen molar-refractivity contribution < 1.29 is 129 Å². The summed E-state index contributed by atoms with van der Waals surface area (Å²) in [5.41, 5.74) is -10.5. The molecular weight excluding hydrogens is 908 g/mol. The Labute approximate surface area is 367 Å². The highest BCUT2D eigenvalue weighted by molar-refractivity contribution is 6.12. The number of hydrogen-bond acceptors (Lipinski definition) is 26. The Morgan fingerprint density at radius 1 is 0.373 bits per heavy atom. The predicted molar refractivity (Wildman–Crippen MR) is 206 cm³/mol. The van der Waals surface area contributed by atoms with Gasteiger partial charge < -0.3 is 105 Å². The van der Waals surface area contributed by atoms with E-state index in [0.29, 0.717) is 24.3 Å². The van der Waals surface area contributed by atoms with Gasteiger partial charge >= 0.3 is 29.8 Å². The van der Waals surface area contributed by atoms with Crippen molar-refractivity contribution in [2.24, 2.45) is 0 Å². The number of hydrogen-bond donors (Lipinski definition) is 15. The summed E-state index contributed by atoms with van der Waals surface area (Å²) in [5, 5.41) is 163. The van der Waals surface area contributed by atoms with Crippen LogP contribution in [0.1, 0.15) is 63.5 Å². The van der Waals surface area contributed by atoms with Crippen molar-refractivity contribution >= 4 is 29.8 Å². The molecule has 5 heterocycles. The molecule has 5 atom stereocenters. The van der Waals surface area contributed by atoms with Crippen LogP contribution < -0.4 is 9.47 Å². The number of aliphatic hydroxyl groups excluding tert-OH is 2. The second-order valence-electron chi connectivity index (χ2n) is 14.9. The van der Waals surface area contributed by atoms with Crippen LogP contribution in [-0.4, -0.2) is 137 Å². The van der Waals surface area contributed by atoms with Crippen LogP contribution in [0.2, 0.25) is 0 Å². The van der Waals surface area contributed by atoms with E-state index in [2.05, 4.69) is 0 Å². The number of phenolic OH excluding ortho intramolecular Hbond substituents is 13. The number of fused-ring (bicyclic) bond motifs is 9. The minimum Gasteiger partial charge on any atom is -0.504 e. The van der Waals surface area contributed by atoms with Gasteiger partial charge in [0.25, 0.3) is 0 Å². The standard InChI is InChI=1S/C41H26O26/c42-10-1-6-15(24(50)21(10)47)17-8(3-13(45)32-34(17)65-40(60)9-4-12(44)23(49)30(56)31(9)63-32)37(57)62-5-14(46)33(64-38(6)58)36-35-28(54)20-19(41(61)66-35)18(26(52)29(55)27(20)53)16-7(39(59)67-36)2-11(43)22(48)25(16)51/h1-4,14,28,33,35-36,42-56H,5H2/t14-,28-,33-,35+,36+/m1/s1. The SMILES string of the molecule is O=C1Oc2c(c(O)cc3c2-c2c(cc(O)c(O)c2O)C(=O)O[C@@H]([C@@H]2OC(=O)c4cc(O)c(O)c(O)c4-c4c(O)c(O)c(O)c5c4C(=O)O[C@H]2[C@@H]5O)[C@H](O)COC3=O)Oc2c1cc(O)c(O)c2O. The highest BCUT2D eigenvalue weighted by atomic mass is 16.6. The Bertz CT molecular complexity index is 3150. The van der Waals surface area contributed by atoms with E-state index in [9.17, 15) is 101 Å². The van der Waals surface area contributed by atoms with Crippen molar-refractivity contribution in [3.63, 3.8) is 0 Å². The van der Waals surface area contributed by atoms with Gasteiger partial charge in [-0.3, -0.25) is 0 Å². The summed E-state index contributed by atoms with van der Waals surface area (Å²) in [4.78, 5) is 70.3. The molecule has 26 nitrogen and oxygen atoms in total. The van der Waals surface area contributed by atoms with Crippen molar-refractivity contribution in [3.05, 3.63) is 57.6 Å². The molecule has 0 aliphatic carbocycles. The van der Waals surface area contributed by atoms with Crippen LogP contribution in [0.15, 0.2) is 24.3 Å². The van der Waals surface area contributed by atoms with E-state index >= 15 is 0 Å². The summed E-state index contributed by atoms with van der Waals surface area (Å²) in [6, 6.07) is 1.84. The molecule has 5 aliphatic rings. The molecule has 26 heteroatoms. The van der Waals surface area contributed by atoms with Crippen molar-refractivity contribution in [2.45, 2.75) is 30.5 Å².